The van der Waals surface area contributed by atoms with Crippen LogP contribution in [0.1, 0.15) is 34.8 Å². The van der Waals surface area contributed by atoms with E-state index in [-0.39, 0.29) is 11.7 Å². The molecule has 0 aliphatic rings. The molecule has 32 heavy (non-hydrogen) atoms. The van der Waals surface area contributed by atoms with E-state index in [9.17, 15) is 9.90 Å². The van der Waals surface area contributed by atoms with Crippen LogP contribution in [0.15, 0.2) is 91.4 Å². The van der Waals surface area contributed by atoms with Crippen LogP contribution >= 0.6 is 12.6 Å². The van der Waals surface area contributed by atoms with Crippen molar-refractivity contribution in [3.05, 3.63) is 108 Å². The predicted octanol–water partition coefficient (Wildman–Crippen LogP) is 6.31. The molecular weight excluding hydrogens is 418 g/mol. The van der Waals surface area contributed by atoms with Gasteiger partial charge in [0.1, 0.15) is 18.1 Å². The molecule has 0 unspecified atom stereocenters. The van der Waals surface area contributed by atoms with Crippen molar-refractivity contribution in [3.63, 3.8) is 0 Å². The first-order valence-corrected chi connectivity index (χ1v) is 11.1. The third kappa shape index (κ3) is 6.92. The van der Waals surface area contributed by atoms with Crippen LogP contribution in [0.2, 0.25) is 0 Å². The standard InChI is InChI=1S/C27H31NO3S/c1-5-7-11-22(6-2)31-18-21-13-14-24(27(30)28-26(15-16-32)20(4)29)25(17-21)23-12-9-8-10-19(23)3/h5-14,17,26,29,32H,2,4,15-16,18H2,1,3H3,(H,28,30)/b7-5-,22-11+/t26-/m0/s1. The lowest BCUT2D eigenvalue weighted by molar-refractivity contribution is 0.0933. The first-order valence-electron chi connectivity index (χ1n) is 10.5. The number of aliphatic hydroxyl groups excluding tert-OH is 1. The number of hydrogen-bond donors (Lipinski definition) is 3. The Morgan fingerprint density at radius 1 is 1.25 bits per heavy atom. The van der Waals surface area contributed by atoms with Gasteiger partial charge < -0.3 is 15.2 Å². The van der Waals surface area contributed by atoms with Crippen molar-refractivity contribution in [3.8, 4) is 11.1 Å². The quantitative estimate of drug-likeness (QED) is 0.214. The SMILES string of the molecule is C=C/C(=C\C=C/C)OCc1ccc(C(=O)N[C@@H](CCS)C(=C)O)c(-c2ccccc2C)c1. The Balaban J connectivity index is 2.42. The van der Waals surface area contributed by atoms with Gasteiger partial charge in [0.15, 0.2) is 0 Å². The van der Waals surface area contributed by atoms with Gasteiger partial charge in [-0.05, 0) is 72.6 Å². The topological polar surface area (TPSA) is 58.6 Å². The second kappa shape index (κ2) is 12.6. The number of benzene rings is 2. The zero-order valence-electron chi connectivity index (χ0n) is 18.7. The molecule has 0 bridgehead atoms. The number of nitrogens with one attached hydrogen (secondary N) is 1. The van der Waals surface area contributed by atoms with E-state index in [4.69, 9.17) is 4.74 Å². The number of rotatable bonds is 11. The Hall–Kier alpha value is -3.18. The molecule has 4 nitrogen and oxygen atoms in total. The van der Waals surface area contributed by atoms with Crippen LogP contribution in [-0.4, -0.2) is 22.8 Å². The summed E-state index contributed by atoms with van der Waals surface area (Å²) < 4.78 is 5.87. The van der Waals surface area contributed by atoms with E-state index in [0.29, 0.717) is 30.1 Å². The molecule has 0 saturated heterocycles. The minimum absolute atomic E-state index is 0.0836. The van der Waals surface area contributed by atoms with Crippen LogP contribution in [-0.2, 0) is 11.3 Å². The molecule has 0 spiro atoms. The number of hydrogen-bond acceptors (Lipinski definition) is 4. The molecular formula is C27H31NO3S. The van der Waals surface area contributed by atoms with Gasteiger partial charge in [0.05, 0.1) is 6.04 Å². The third-order valence-corrected chi connectivity index (χ3v) is 5.21. The highest BCUT2D eigenvalue weighted by molar-refractivity contribution is 7.80. The maximum Gasteiger partial charge on any atom is 0.252 e. The van der Waals surface area contributed by atoms with Gasteiger partial charge >= 0.3 is 0 Å². The number of allylic oxidation sites excluding steroid dienone is 4. The zero-order valence-corrected chi connectivity index (χ0v) is 19.6. The van der Waals surface area contributed by atoms with Crippen LogP contribution < -0.4 is 5.32 Å². The maximum atomic E-state index is 13.1. The number of amides is 1. The van der Waals surface area contributed by atoms with Crippen molar-refractivity contribution < 1.29 is 14.6 Å². The maximum absolute atomic E-state index is 13.1. The van der Waals surface area contributed by atoms with E-state index in [0.717, 1.165) is 22.3 Å². The highest BCUT2D eigenvalue weighted by atomic mass is 32.1. The smallest absolute Gasteiger partial charge is 0.252 e. The summed E-state index contributed by atoms with van der Waals surface area (Å²) in [5.74, 6) is 0.813. The van der Waals surface area contributed by atoms with E-state index in [1.54, 1.807) is 12.1 Å². The number of carbonyl (C=O) groups is 1. The fourth-order valence-corrected chi connectivity index (χ4v) is 3.46. The second-order valence-corrected chi connectivity index (χ2v) is 7.76. The number of carbonyl (C=O) groups excluding carboxylic acids is 1. The average molecular weight is 450 g/mol. The van der Waals surface area contributed by atoms with Crippen LogP contribution in [0.25, 0.3) is 11.1 Å². The van der Waals surface area contributed by atoms with Crippen molar-refractivity contribution in [1.29, 1.82) is 0 Å². The average Bonchev–Trinajstić information content (AvgIpc) is 2.79. The number of ether oxygens (including phenoxy) is 1. The minimum atomic E-state index is -0.556. The highest BCUT2D eigenvalue weighted by Crippen LogP contribution is 2.29. The fourth-order valence-electron chi connectivity index (χ4n) is 3.20. The molecule has 2 rings (SSSR count). The zero-order chi connectivity index (χ0) is 23.5. The normalized spacial score (nSPS) is 12.4. The number of aliphatic hydroxyl groups is 1. The van der Waals surface area contributed by atoms with Gasteiger partial charge in [0.2, 0.25) is 0 Å². The molecule has 0 radical (unpaired) electrons. The fraction of sp³-hybridized carbons (Fsp3) is 0.222. The summed E-state index contributed by atoms with van der Waals surface area (Å²) in [7, 11) is 0. The van der Waals surface area contributed by atoms with E-state index in [2.05, 4.69) is 31.1 Å². The molecule has 0 aliphatic carbocycles. The molecule has 2 aromatic carbocycles. The minimum Gasteiger partial charge on any atom is -0.511 e. The van der Waals surface area contributed by atoms with E-state index >= 15 is 0 Å². The lowest BCUT2D eigenvalue weighted by Gasteiger charge is -2.19. The van der Waals surface area contributed by atoms with Gasteiger partial charge in [-0.1, -0.05) is 55.6 Å². The summed E-state index contributed by atoms with van der Waals surface area (Å²) >= 11 is 4.20. The summed E-state index contributed by atoms with van der Waals surface area (Å²) in [4.78, 5) is 13.1. The molecule has 0 aromatic heterocycles. The monoisotopic (exact) mass is 449 g/mol. The molecule has 0 fully saturated rings. The lowest BCUT2D eigenvalue weighted by atomic mass is 9.93. The van der Waals surface area contributed by atoms with E-state index < -0.39 is 6.04 Å². The second-order valence-electron chi connectivity index (χ2n) is 7.31. The van der Waals surface area contributed by atoms with Gasteiger partial charge in [0.25, 0.3) is 5.91 Å². The molecule has 0 heterocycles. The van der Waals surface area contributed by atoms with Gasteiger partial charge in [-0.15, -0.1) is 0 Å². The Morgan fingerprint density at radius 2 is 2.00 bits per heavy atom. The Kier molecular flexibility index (Phi) is 9.89. The third-order valence-electron chi connectivity index (χ3n) is 4.95. The molecule has 1 atom stereocenters. The van der Waals surface area contributed by atoms with Gasteiger partial charge in [-0.3, -0.25) is 4.79 Å². The molecule has 5 heteroatoms. The highest BCUT2D eigenvalue weighted by Gasteiger charge is 2.20. The van der Waals surface area contributed by atoms with Gasteiger partial charge in [-0.2, -0.15) is 12.6 Å². The summed E-state index contributed by atoms with van der Waals surface area (Å²) in [5.41, 5.74) is 4.25. The van der Waals surface area contributed by atoms with Crippen molar-refractivity contribution in [2.24, 2.45) is 0 Å². The van der Waals surface area contributed by atoms with Crippen LogP contribution in [0.4, 0.5) is 0 Å². The molecule has 2 N–H and O–H groups in total. The summed E-state index contributed by atoms with van der Waals surface area (Å²) in [6, 6.07) is 13.0. The summed E-state index contributed by atoms with van der Waals surface area (Å²) in [5, 5.41) is 12.7. The Bertz CT molecular complexity index is 1020. The molecule has 2 aromatic rings. The largest absolute Gasteiger partial charge is 0.511 e. The van der Waals surface area contributed by atoms with E-state index in [1.165, 1.54) is 0 Å². The van der Waals surface area contributed by atoms with Crippen LogP contribution in [0.5, 0.6) is 0 Å². The van der Waals surface area contributed by atoms with Crippen LogP contribution in [0, 0.1) is 6.92 Å². The molecule has 0 saturated carbocycles. The molecule has 168 valence electrons. The van der Waals surface area contributed by atoms with Crippen molar-refractivity contribution in [2.75, 3.05) is 5.75 Å². The summed E-state index contributed by atoms with van der Waals surface area (Å²) in [6.45, 7) is 11.6. The first kappa shape index (κ1) is 25.1. The van der Waals surface area contributed by atoms with Crippen LogP contribution in [0.3, 0.4) is 0 Å². The molecule has 1 amide bonds. The Labute approximate surface area is 196 Å². The summed E-state index contributed by atoms with van der Waals surface area (Å²) in [6.07, 6.45) is 7.80. The number of aryl methyl sites for hydroxylation is 1. The first-order chi connectivity index (χ1) is 15.4. The van der Waals surface area contributed by atoms with Gasteiger partial charge in [0, 0.05) is 5.56 Å². The lowest BCUT2D eigenvalue weighted by Crippen LogP contribution is -2.36. The van der Waals surface area contributed by atoms with Crippen molar-refractivity contribution in [2.45, 2.75) is 32.9 Å². The predicted molar refractivity (Wildman–Crippen MR) is 136 cm³/mol. The number of thiol groups is 1. The Morgan fingerprint density at radius 3 is 2.62 bits per heavy atom. The van der Waals surface area contributed by atoms with Crippen molar-refractivity contribution >= 4 is 18.5 Å². The van der Waals surface area contributed by atoms with Gasteiger partial charge in [-0.25, -0.2) is 0 Å². The van der Waals surface area contributed by atoms with E-state index in [1.807, 2.05) is 68.5 Å². The van der Waals surface area contributed by atoms with Crippen molar-refractivity contribution in [1.82, 2.24) is 5.32 Å². The molecule has 0 aliphatic heterocycles.